The minimum Gasteiger partial charge on any atom is -0.324 e. The summed E-state index contributed by atoms with van der Waals surface area (Å²) in [5.74, 6) is -0.252. The highest BCUT2D eigenvalue weighted by molar-refractivity contribution is 5.82. The van der Waals surface area contributed by atoms with E-state index in [1.807, 2.05) is 6.92 Å². The lowest BCUT2D eigenvalue weighted by molar-refractivity contribution is 0.638. The van der Waals surface area contributed by atoms with Crippen LogP contribution < -0.4 is 5.73 Å². The van der Waals surface area contributed by atoms with Gasteiger partial charge in [-0.1, -0.05) is 6.07 Å². The van der Waals surface area contributed by atoms with Crippen molar-refractivity contribution < 1.29 is 4.39 Å². The molecule has 0 saturated heterocycles. The van der Waals surface area contributed by atoms with E-state index in [9.17, 15) is 4.39 Å². The van der Waals surface area contributed by atoms with E-state index >= 15 is 0 Å². The fourth-order valence-corrected chi connectivity index (χ4v) is 1.53. The van der Waals surface area contributed by atoms with Crippen LogP contribution in [0.4, 0.5) is 4.39 Å². The molecule has 0 aliphatic carbocycles. The molecule has 3 heteroatoms. The third kappa shape index (κ3) is 1.36. The van der Waals surface area contributed by atoms with Gasteiger partial charge in [0, 0.05) is 17.6 Å². The van der Waals surface area contributed by atoms with Crippen molar-refractivity contribution in [2.75, 3.05) is 0 Å². The van der Waals surface area contributed by atoms with Crippen LogP contribution in [0.1, 0.15) is 18.5 Å². The quantitative estimate of drug-likeness (QED) is 0.749. The summed E-state index contributed by atoms with van der Waals surface area (Å²) in [6, 6.07) is 6.42. The number of hydrogen-bond acceptors (Lipinski definition) is 2. The second-order valence-corrected chi connectivity index (χ2v) is 3.32. The van der Waals surface area contributed by atoms with Crippen LogP contribution in [-0.4, -0.2) is 4.98 Å². The van der Waals surface area contributed by atoms with E-state index in [-0.39, 0.29) is 11.9 Å². The number of hydrogen-bond donors (Lipinski definition) is 1. The molecule has 1 aromatic carbocycles. The first-order chi connectivity index (χ1) is 6.70. The zero-order chi connectivity index (χ0) is 10.1. The number of halogens is 1. The molecule has 0 amide bonds. The zero-order valence-corrected chi connectivity index (χ0v) is 7.87. The fourth-order valence-electron chi connectivity index (χ4n) is 1.53. The van der Waals surface area contributed by atoms with Gasteiger partial charge in [0.25, 0.3) is 0 Å². The monoisotopic (exact) mass is 190 g/mol. The Morgan fingerprint density at radius 3 is 2.86 bits per heavy atom. The Morgan fingerprint density at radius 1 is 1.36 bits per heavy atom. The van der Waals surface area contributed by atoms with Gasteiger partial charge in [0.15, 0.2) is 0 Å². The lowest BCUT2D eigenvalue weighted by Gasteiger charge is -2.08. The van der Waals surface area contributed by atoms with Crippen LogP contribution in [-0.2, 0) is 0 Å². The molecule has 14 heavy (non-hydrogen) atoms. The van der Waals surface area contributed by atoms with Gasteiger partial charge in [-0.3, -0.25) is 4.98 Å². The third-order valence-corrected chi connectivity index (χ3v) is 2.24. The van der Waals surface area contributed by atoms with Crippen molar-refractivity contribution in [3.8, 4) is 0 Å². The number of fused-ring (bicyclic) bond motifs is 1. The zero-order valence-electron chi connectivity index (χ0n) is 7.87. The SMILES string of the molecule is CC(N)c1ccc(F)c2cccnc12. The second kappa shape index (κ2) is 3.35. The molecular weight excluding hydrogens is 179 g/mol. The predicted molar refractivity (Wildman–Crippen MR) is 54.3 cm³/mol. The van der Waals surface area contributed by atoms with Gasteiger partial charge < -0.3 is 5.73 Å². The molecule has 2 nitrogen and oxygen atoms in total. The van der Waals surface area contributed by atoms with Crippen LogP contribution in [0.3, 0.4) is 0 Å². The lowest BCUT2D eigenvalue weighted by Crippen LogP contribution is -2.06. The van der Waals surface area contributed by atoms with Crippen molar-refractivity contribution in [1.29, 1.82) is 0 Å². The van der Waals surface area contributed by atoms with E-state index in [2.05, 4.69) is 4.98 Å². The maximum absolute atomic E-state index is 13.3. The Hall–Kier alpha value is -1.48. The van der Waals surface area contributed by atoms with Crippen molar-refractivity contribution in [3.63, 3.8) is 0 Å². The summed E-state index contributed by atoms with van der Waals surface area (Å²) in [5, 5.41) is 0.530. The summed E-state index contributed by atoms with van der Waals surface area (Å²) in [6.45, 7) is 1.86. The molecule has 1 unspecified atom stereocenters. The minimum absolute atomic E-state index is 0.131. The molecule has 0 aliphatic heterocycles. The number of aromatic nitrogens is 1. The highest BCUT2D eigenvalue weighted by Crippen LogP contribution is 2.23. The summed E-state index contributed by atoms with van der Waals surface area (Å²) in [6.07, 6.45) is 1.65. The van der Waals surface area contributed by atoms with Crippen molar-refractivity contribution in [2.24, 2.45) is 5.73 Å². The molecule has 0 saturated carbocycles. The minimum atomic E-state index is -0.252. The smallest absolute Gasteiger partial charge is 0.132 e. The molecule has 2 N–H and O–H groups in total. The van der Waals surface area contributed by atoms with Gasteiger partial charge in [-0.2, -0.15) is 0 Å². The summed E-state index contributed by atoms with van der Waals surface area (Å²) in [7, 11) is 0. The van der Waals surface area contributed by atoms with Crippen molar-refractivity contribution in [1.82, 2.24) is 4.98 Å². The molecule has 1 aromatic heterocycles. The Morgan fingerprint density at radius 2 is 2.14 bits per heavy atom. The molecule has 0 aliphatic rings. The van der Waals surface area contributed by atoms with Gasteiger partial charge in [0.1, 0.15) is 5.82 Å². The highest BCUT2D eigenvalue weighted by atomic mass is 19.1. The maximum Gasteiger partial charge on any atom is 0.132 e. The molecule has 72 valence electrons. The van der Waals surface area contributed by atoms with Gasteiger partial charge >= 0.3 is 0 Å². The van der Waals surface area contributed by atoms with E-state index in [4.69, 9.17) is 5.73 Å². The molecule has 0 radical (unpaired) electrons. The van der Waals surface area contributed by atoms with E-state index in [0.717, 1.165) is 5.56 Å². The number of nitrogens with zero attached hydrogens (tertiary/aromatic N) is 1. The standard InChI is InChI=1S/C11H11FN2/c1-7(13)8-4-5-10(12)9-3-2-6-14-11(8)9/h2-7H,13H2,1H3. The highest BCUT2D eigenvalue weighted by Gasteiger charge is 2.08. The van der Waals surface area contributed by atoms with Crippen LogP contribution >= 0.6 is 0 Å². The van der Waals surface area contributed by atoms with Gasteiger partial charge in [0.2, 0.25) is 0 Å². The number of pyridine rings is 1. The van der Waals surface area contributed by atoms with Crippen molar-refractivity contribution >= 4 is 10.9 Å². The molecule has 2 rings (SSSR count). The van der Waals surface area contributed by atoms with Crippen LogP contribution in [0.5, 0.6) is 0 Å². The molecule has 0 fully saturated rings. The Kier molecular flexibility index (Phi) is 2.17. The molecule has 1 atom stereocenters. The first-order valence-electron chi connectivity index (χ1n) is 4.49. The molecule has 0 spiro atoms. The molecule has 2 aromatic rings. The second-order valence-electron chi connectivity index (χ2n) is 3.32. The largest absolute Gasteiger partial charge is 0.324 e. The summed E-state index contributed by atoms with van der Waals surface area (Å²) >= 11 is 0. The van der Waals surface area contributed by atoms with Gasteiger partial charge in [-0.15, -0.1) is 0 Å². The third-order valence-electron chi connectivity index (χ3n) is 2.24. The van der Waals surface area contributed by atoms with Crippen molar-refractivity contribution in [2.45, 2.75) is 13.0 Å². The Balaban J connectivity index is 2.82. The van der Waals surface area contributed by atoms with Crippen LogP contribution in [0.2, 0.25) is 0 Å². The maximum atomic E-state index is 13.3. The Bertz CT molecular complexity index is 466. The average molecular weight is 190 g/mol. The Labute approximate surface area is 81.6 Å². The average Bonchev–Trinajstić information content (AvgIpc) is 2.18. The summed E-state index contributed by atoms with van der Waals surface area (Å²) in [5.41, 5.74) is 7.30. The molecular formula is C11H11FN2. The van der Waals surface area contributed by atoms with E-state index < -0.39 is 0 Å². The van der Waals surface area contributed by atoms with E-state index in [0.29, 0.717) is 10.9 Å². The topological polar surface area (TPSA) is 38.9 Å². The van der Waals surface area contributed by atoms with Gasteiger partial charge in [0.05, 0.1) is 5.52 Å². The molecule has 0 bridgehead atoms. The van der Waals surface area contributed by atoms with Gasteiger partial charge in [-0.05, 0) is 30.7 Å². The number of nitrogens with two attached hydrogens (primary N) is 1. The first-order valence-corrected chi connectivity index (χ1v) is 4.49. The summed E-state index contributed by atoms with van der Waals surface area (Å²) in [4.78, 5) is 4.14. The first kappa shape index (κ1) is 9.09. The summed E-state index contributed by atoms with van der Waals surface area (Å²) < 4.78 is 13.3. The van der Waals surface area contributed by atoms with Crippen molar-refractivity contribution in [3.05, 3.63) is 41.8 Å². The fraction of sp³-hybridized carbons (Fsp3) is 0.182. The van der Waals surface area contributed by atoms with Gasteiger partial charge in [-0.25, -0.2) is 4.39 Å². The van der Waals surface area contributed by atoms with E-state index in [1.54, 1.807) is 24.4 Å². The lowest BCUT2D eigenvalue weighted by atomic mass is 10.0. The normalized spacial score (nSPS) is 13.1. The number of rotatable bonds is 1. The molecule has 1 heterocycles. The predicted octanol–water partition coefficient (Wildman–Crippen LogP) is 2.39. The van der Waals surface area contributed by atoms with E-state index in [1.165, 1.54) is 6.07 Å². The van der Waals surface area contributed by atoms with Crippen LogP contribution in [0.25, 0.3) is 10.9 Å². The number of benzene rings is 1. The van der Waals surface area contributed by atoms with Crippen LogP contribution in [0, 0.1) is 5.82 Å². The van der Waals surface area contributed by atoms with Crippen LogP contribution in [0.15, 0.2) is 30.5 Å².